The van der Waals surface area contributed by atoms with Gasteiger partial charge in [0.05, 0.1) is 5.41 Å². The largest absolute Gasteiger partial charge is 0.454 e. The molecule has 18 heavy (non-hydrogen) atoms. The van der Waals surface area contributed by atoms with Gasteiger partial charge in [0, 0.05) is 23.8 Å². The Morgan fingerprint density at radius 3 is 3.00 bits per heavy atom. The van der Waals surface area contributed by atoms with Gasteiger partial charge in [0.15, 0.2) is 5.60 Å². The number of carbonyl (C=O) groups is 2. The molecule has 0 amide bonds. The Hall–Kier alpha value is -1.32. The van der Waals surface area contributed by atoms with E-state index in [9.17, 15) is 9.59 Å². The van der Waals surface area contributed by atoms with Gasteiger partial charge in [-0.2, -0.15) is 0 Å². The molecule has 7 aliphatic rings. The molecule has 2 spiro atoms. The minimum absolute atomic E-state index is 0.0499. The molecule has 0 N–H and O–H groups in total. The summed E-state index contributed by atoms with van der Waals surface area (Å²) in [6.07, 6.45) is 3.44. The molecule has 5 atom stereocenters. The molecule has 96 valence electrons. The van der Waals surface area contributed by atoms with Crippen molar-refractivity contribution in [2.45, 2.75) is 44.3 Å². The molecule has 5 aliphatic carbocycles. The average molecular weight is 248 g/mol. The van der Waals surface area contributed by atoms with Crippen molar-refractivity contribution in [2.75, 3.05) is 0 Å². The van der Waals surface area contributed by atoms with Gasteiger partial charge in [-0.05, 0) is 26.2 Å². The predicted octanol–water partition coefficient (Wildman–Crippen LogP) is 1.59. The number of esters is 2. The van der Waals surface area contributed by atoms with Crippen LogP contribution in [-0.2, 0) is 19.1 Å². The second kappa shape index (κ2) is 2.81. The lowest BCUT2D eigenvalue weighted by Gasteiger charge is -2.63. The Kier molecular flexibility index (Phi) is 1.65. The zero-order chi connectivity index (χ0) is 12.7. The Balaban J connectivity index is 1.68. The van der Waals surface area contributed by atoms with Crippen molar-refractivity contribution >= 4 is 11.9 Å². The summed E-state index contributed by atoms with van der Waals surface area (Å²) in [5.74, 6) is 0.164. The molecule has 2 heterocycles. The van der Waals surface area contributed by atoms with Gasteiger partial charge in [-0.1, -0.05) is 6.58 Å². The maximum absolute atomic E-state index is 12.0. The van der Waals surface area contributed by atoms with Crippen LogP contribution in [0.25, 0.3) is 0 Å². The molecule has 2 aliphatic heterocycles. The lowest BCUT2D eigenvalue weighted by atomic mass is 9.39. The second-order valence-electron chi connectivity index (χ2n) is 6.38. The van der Waals surface area contributed by atoms with E-state index in [0.717, 1.165) is 25.7 Å². The Morgan fingerprint density at radius 2 is 2.28 bits per heavy atom. The molecule has 5 unspecified atom stereocenters. The van der Waals surface area contributed by atoms with E-state index >= 15 is 0 Å². The molecule has 2 saturated heterocycles. The maximum Gasteiger partial charge on any atom is 0.333 e. The zero-order valence-electron chi connectivity index (χ0n) is 10.4. The van der Waals surface area contributed by atoms with E-state index in [-0.39, 0.29) is 29.4 Å². The Bertz CT molecular complexity index is 496. The van der Waals surface area contributed by atoms with Gasteiger partial charge in [0.1, 0.15) is 6.10 Å². The fourth-order valence-electron chi connectivity index (χ4n) is 4.87. The molecule has 0 aromatic heterocycles. The van der Waals surface area contributed by atoms with Crippen LogP contribution in [-0.4, -0.2) is 23.6 Å². The SMILES string of the molecule is C=C(C)C(=O)OC1C2CCC3C4(C2)CC13OC4=O. The summed E-state index contributed by atoms with van der Waals surface area (Å²) in [6.45, 7) is 5.26. The quantitative estimate of drug-likeness (QED) is 0.550. The lowest BCUT2D eigenvalue weighted by Crippen LogP contribution is -2.71. The number of hydrogen-bond acceptors (Lipinski definition) is 4. The van der Waals surface area contributed by atoms with Crippen molar-refractivity contribution in [2.24, 2.45) is 17.3 Å². The molecule has 4 nitrogen and oxygen atoms in total. The van der Waals surface area contributed by atoms with Gasteiger partial charge in [-0.3, -0.25) is 4.79 Å². The van der Waals surface area contributed by atoms with Gasteiger partial charge in [-0.15, -0.1) is 0 Å². The van der Waals surface area contributed by atoms with Crippen LogP contribution in [0.5, 0.6) is 0 Å². The van der Waals surface area contributed by atoms with Crippen LogP contribution in [0.4, 0.5) is 0 Å². The standard InChI is InChI=1S/C14H16O4/c1-7(2)11(15)17-10-8-3-4-9-13(5-8)6-14(9,10)18-12(13)16/h8-10H,1,3-6H2,2H3. The summed E-state index contributed by atoms with van der Waals surface area (Å²) >= 11 is 0. The molecule has 0 radical (unpaired) electrons. The van der Waals surface area contributed by atoms with Crippen LogP contribution in [0.2, 0.25) is 0 Å². The van der Waals surface area contributed by atoms with E-state index in [1.807, 2.05) is 0 Å². The first-order valence-electron chi connectivity index (χ1n) is 6.59. The number of carbonyl (C=O) groups excluding carboxylic acids is 2. The maximum atomic E-state index is 12.0. The highest BCUT2D eigenvalue weighted by molar-refractivity contribution is 5.88. The zero-order valence-corrected chi connectivity index (χ0v) is 10.4. The smallest absolute Gasteiger partial charge is 0.333 e. The van der Waals surface area contributed by atoms with E-state index in [4.69, 9.17) is 9.47 Å². The predicted molar refractivity (Wildman–Crippen MR) is 61.4 cm³/mol. The van der Waals surface area contributed by atoms with Crippen molar-refractivity contribution < 1.29 is 19.1 Å². The summed E-state index contributed by atoms with van der Waals surface area (Å²) in [7, 11) is 0. The highest BCUT2D eigenvalue weighted by atomic mass is 16.6. The third kappa shape index (κ3) is 0.886. The van der Waals surface area contributed by atoms with E-state index in [0.29, 0.717) is 11.5 Å². The third-order valence-corrected chi connectivity index (χ3v) is 5.48. The number of rotatable bonds is 2. The van der Waals surface area contributed by atoms with Crippen molar-refractivity contribution in [3.8, 4) is 0 Å². The van der Waals surface area contributed by atoms with E-state index in [1.165, 1.54) is 0 Å². The fourth-order valence-corrected chi connectivity index (χ4v) is 4.87. The summed E-state index contributed by atoms with van der Waals surface area (Å²) < 4.78 is 11.2. The highest BCUT2D eigenvalue weighted by Crippen LogP contribution is 2.76. The van der Waals surface area contributed by atoms with Gasteiger partial charge < -0.3 is 9.47 Å². The summed E-state index contributed by atoms with van der Waals surface area (Å²) in [6, 6.07) is 0. The molecule has 7 fully saturated rings. The average Bonchev–Trinajstić information content (AvgIpc) is 2.67. The van der Waals surface area contributed by atoms with E-state index in [2.05, 4.69) is 6.58 Å². The van der Waals surface area contributed by atoms with Gasteiger partial charge in [0.2, 0.25) is 0 Å². The van der Waals surface area contributed by atoms with Gasteiger partial charge in [-0.25, -0.2) is 4.79 Å². The van der Waals surface area contributed by atoms with E-state index < -0.39 is 5.60 Å². The Labute approximate surface area is 105 Å². The molecule has 0 aromatic rings. The highest BCUT2D eigenvalue weighted by Gasteiger charge is 2.85. The van der Waals surface area contributed by atoms with Crippen molar-refractivity contribution in [1.82, 2.24) is 0 Å². The molecule has 7 rings (SSSR count). The van der Waals surface area contributed by atoms with E-state index in [1.54, 1.807) is 6.92 Å². The first kappa shape index (κ1) is 10.6. The monoisotopic (exact) mass is 248 g/mol. The van der Waals surface area contributed by atoms with Crippen molar-refractivity contribution in [3.05, 3.63) is 12.2 Å². The molecule has 4 heteroatoms. The van der Waals surface area contributed by atoms with Crippen LogP contribution < -0.4 is 0 Å². The topological polar surface area (TPSA) is 52.6 Å². The van der Waals surface area contributed by atoms with Gasteiger partial charge >= 0.3 is 11.9 Å². The van der Waals surface area contributed by atoms with Crippen LogP contribution >= 0.6 is 0 Å². The molecular formula is C14H16O4. The second-order valence-corrected chi connectivity index (χ2v) is 6.38. The summed E-state index contributed by atoms with van der Waals surface area (Å²) in [5, 5.41) is 0. The lowest BCUT2D eigenvalue weighted by molar-refractivity contribution is -0.251. The Morgan fingerprint density at radius 1 is 1.50 bits per heavy atom. The molecule has 0 aromatic carbocycles. The van der Waals surface area contributed by atoms with Crippen molar-refractivity contribution in [1.29, 1.82) is 0 Å². The minimum atomic E-state index is -0.483. The normalized spacial score (nSPS) is 50.5. The number of ether oxygens (including phenoxy) is 2. The summed E-state index contributed by atoms with van der Waals surface area (Å²) in [5.41, 5.74) is -0.291. The minimum Gasteiger partial charge on any atom is -0.454 e. The number of fused-ring (bicyclic) bond motifs is 2. The molecule has 5 saturated carbocycles. The van der Waals surface area contributed by atoms with Crippen LogP contribution in [0.15, 0.2) is 12.2 Å². The third-order valence-electron chi connectivity index (χ3n) is 5.48. The van der Waals surface area contributed by atoms with Crippen LogP contribution in [0.3, 0.4) is 0 Å². The fraction of sp³-hybridized carbons (Fsp3) is 0.714. The summed E-state index contributed by atoms with van der Waals surface area (Å²) in [4.78, 5) is 23.7. The molecular weight excluding hydrogens is 232 g/mol. The van der Waals surface area contributed by atoms with Crippen molar-refractivity contribution in [3.63, 3.8) is 0 Å². The van der Waals surface area contributed by atoms with Gasteiger partial charge in [0.25, 0.3) is 0 Å². The van der Waals surface area contributed by atoms with Crippen LogP contribution in [0.1, 0.15) is 32.6 Å². The first-order chi connectivity index (χ1) is 8.49. The first-order valence-corrected chi connectivity index (χ1v) is 6.59. The molecule has 4 bridgehead atoms. The van der Waals surface area contributed by atoms with Crippen LogP contribution in [0, 0.1) is 17.3 Å². The number of hydrogen-bond donors (Lipinski definition) is 0.